The first-order valence-electron chi connectivity index (χ1n) is 4.87. The van der Waals surface area contributed by atoms with Gasteiger partial charge in [-0.15, -0.1) is 0 Å². The summed E-state index contributed by atoms with van der Waals surface area (Å²) in [5, 5.41) is 13.1. The molecule has 78 valence electrons. The van der Waals surface area contributed by atoms with E-state index in [-0.39, 0.29) is 6.61 Å². The van der Waals surface area contributed by atoms with Gasteiger partial charge in [0.2, 0.25) is 0 Å². The molecule has 0 spiro atoms. The lowest BCUT2D eigenvalue weighted by atomic mass is 10.1. The van der Waals surface area contributed by atoms with Gasteiger partial charge in [0.05, 0.1) is 18.8 Å². The number of hydrogen-bond donors (Lipinski definition) is 1. The highest BCUT2D eigenvalue weighted by atomic mass is 16.3. The molecular weight excluding hydrogens is 190 g/mol. The van der Waals surface area contributed by atoms with Gasteiger partial charge in [-0.3, -0.25) is 9.67 Å². The van der Waals surface area contributed by atoms with Gasteiger partial charge >= 0.3 is 0 Å². The van der Waals surface area contributed by atoms with Crippen molar-refractivity contribution in [2.24, 2.45) is 0 Å². The molecule has 4 heteroatoms. The maximum atomic E-state index is 8.78. The Morgan fingerprint density at radius 2 is 2.27 bits per heavy atom. The second-order valence-corrected chi connectivity index (χ2v) is 3.32. The lowest BCUT2D eigenvalue weighted by molar-refractivity contribution is 0.269. The van der Waals surface area contributed by atoms with Crippen LogP contribution in [0.4, 0.5) is 0 Å². The van der Waals surface area contributed by atoms with Crippen LogP contribution in [0.2, 0.25) is 0 Å². The summed E-state index contributed by atoms with van der Waals surface area (Å²) in [5.74, 6) is 0. The Labute approximate surface area is 88.2 Å². The second kappa shape index (κ2) is 4.23. The highest BCUT2D eigenvalue weighted by molar-refractivity contribution is 5.60. The van der Waals surface area contributed by atoms with E-state index in [0.29, 0.717) is 6.54 Å². The number of rotatable bonds is 3. The fraction of sp³-hybridized carbons (Fsp3) is 0.273. The third-order valence-electron chi connectivity index (χ3n) is 2.25. The van der Waals surface area contributed by atoms with E-state index >= 15 is 0 Å². The van der Waals surface area contributed by atoms with Crippen LogP contribution >= 0.6 is 0 Å². The van der Waals surface area contributed by atoms with Gasteiger partial charge < -0.3 is 5.11 Å². The Morgan fingerprint density at radius 1 is 1.40 bits per heavy atom. The SMILES string of the molecule is Cc1ncccc1-c1ccn(CCO)n1. The molecule has 2 aromatic rings. The number of aliphatic hydroxyl groups excluding tert-OH is 1. The Hall–Kier alpha value is -1.68. The van der Waals surface area contributed by atoms with Crippen molar-refractivity contribution in [1.82, 2.24) is 14.8 Å². The normalized spacial score (nSPS) is 10.5. The summed E-state index contributed by atoms with van der Waals surface area (Å²) in [7, 11) is 0. The van der Waals surface area contributed by atoms with Gasteiger partial charge in [0, 0.05) is 23.7 Å². The van der Waals surface area contributed by atoms with Gasteiger partial charge in [-0.05, 0) is 25.1 Å². The molecule has 2 aromatic heterocycles. The third kappa shape index (κ3) is 2.05. The van der Waals surface area contributed by atoms with E-state index in [1.54, 1.807) is 10.9 Å². The first kappa shape index (κ1) is 9.86. The molecule has 0 aromatic carbocycles. The van der Waals surface area contributed by atoms with E-state index in [1.807, 2.05) is 31.3 Å². The van der Waals surface area contributed by atoms with Crippen molar-refractivity contribution in [3.63, 3.8) is 0 Å². The van der Waals surface area contributed by atoms with Crippen LogP contribution in [0, 0.1) is 6.92 Å². The van der Waals surface area contributed by atoms with E-state index in [4.69, 9.17) is 5.11 Å². The number of hydrogen-bond acceptors (Lipinski definition) is 3. The molecule has 0 amide bonds. The maximum absolute atomic E-state index is 8.78. The molecule has 0 aliphatic carbocycles. The van der Waals surface area contributed by atoms with Crippen LogP contribution in [-0.2, 0) is 6.54 Å². The summed E-state index contributed by atoms with van der Waals surface area (Å²) >= 11 is 0. The van der Waals surface area contributed by atoms with E-state index in [1.165, 1.54) is 0 Å². The molecule has 0 unspecified atom stereocenters. The zero-order chi connectivity index (χ0) is 10.7. The number of aromatic nitrogens is 3. The minimum atomic E-state index is 0.104. The first-order chi connectivity index (χ1) is 7.31. The maximum Gasteiger partial charge on any atom is 0.0941 e. The topological polar surface area (TPSA) is 50.9 Å². The van der Waals surface area contributed by atoms with Crippen molar-refractivity contribution in [2.75, 3.05) is 6.61 Å². The number of nitrogens with zero attached hydrogens (tertiary/aromatic N) is 3. The Morgan fingerprint density at radius 3 is 3.00 bits per heavy atom. The second-order valence-electron chi connectivity index (χ2n) is 3.32. The van der Waals surface area contributed by atoms with Crippen LogP contribution in [0.15, 0.2) is 30.6 Å². The molecule has 2 rings (SSSR count). The fourth-order valence-electron chi connectivity index (χ4n) is 1.49. The molecule has 4 nitrogen and oxygen atoms in total. The standard InChI is InChI=1S/C11H13N3O/c1-9-10(3-2-5-12-9)11-4-6-14(13-11)7-8-15/h2-6,15H,7-8H2,1H3. The number of aryl methyl sites for hydroxylation is 1. The average Bonchev–Trinajstić information content (AvgIpc) is 2.68. The molecular formula is C11H13N3O. The molecule has 1 N–H and O–H groups in total. The quantitative estimate of drug-likeness (QED) is 0.816. The van der Waals surface area contributed by atoms with Crippen LogP contribution in [-0.4, -0.2) is 26.5 Å². The van der Waals surface area contributed by atoms with Gasteiger partial charge in [0.15, 0.2) is 0 Å². The van der Waals surface area contributed by atoms with Crippen molar-refractivity contribution < 1.29 is 5.11 Å². The Bertz CT molecular complexity index is 451. The lowest BCUT2D eigenvalue weighted by Crippen LogP contribution is -2.02. The van der Waals surface area contributed by atoms with Gasteiger partial charge in [-0.25, -0.2) is 0 Å². The first-order valence-corrected chi connectivity index (χ1v) is 4.87. The van der Waals surface area contributed by atoms with Crippen LogP contribution in [0.25, 0.3) is 11.3 Å². The number of aliphatic hydroxyl groups is 1. The zero-order valence-electron chi connectivity index (χ0n) is 8.59. The minimum absolute atomic E-state index is 0.104. The highest BCUT2D eigenvalue weighted by Gasteiger charge is 2.04. The van der Waals surface area contributed by atoms with Crippen molar-refractivity contribution in [2.45, 2.75) is 13.5 Å². The fourth-order valence-corrected chi connectivity index (χ4v) is 1.49. The van der Waals surface area contributed by atoms with Crippen LogP contribution in [0.5, 0.6) is 0 Å². The molecule has 2 heterocycles. The molecule has 0 aliphatic heterocycles. The van der Waals surface area contributed by atoms with E-state index in [9.17, 15) is 0 Å². The Kier molecular flexibility index (Phi) is 2.78. The largest absolute Gasteiger partial charge is 0.394 e. The summed E-state index contributed by atoms with van der Waals surface area (Å²) < 4.78 is 1.72. The van der Waals surface area contributed by atoms with E-state index in [0.717, 1.165) is 17.0 Å². The summed E-state index contributed by atoms with van der Waals surface area (Å²) in [4.78, 5) is 4.21. The van der Waals surface area contributed by atoms with E-state index < -0.39 is 0 Å². The third-order valence-corrected chi connectivity index (χ3v) is 2.25. The Balaban J connectivity index is 2.33. The number of pyridine rings is 1. The van der Waals surface area contributed by atoms with Crippen molar-refractivity contribution in [3.05, 3.63) is 36.3 Å². The summed E-state index contributed by atoms with van der Waals surface area (Å²) in [5.41, 5.74) is 2.90. The molecule has 0 saturated carbocycles. The lowest BCUT2D eigenvalue weighted by Gasteiger charge is -2.00. The van der Waals surface area contributed by atoms with Gasteiger partial charge in [0.1, 0.15) is 0 Å². The molecule has 0 fully saturated rings. The van der Waals surface area contributed by atoms with Crippen LogP contribution in [0.3, 0.4) is 0 Å². The predicted octanol–water partition coefficient (Wildman–Crippen LogP) is 1.25. The summed E-state index contributed by atoms with van der Waals surface area (Å²) in [6.07, 6.45) is 3.63. The van der Waals surface area contributed by atoms with Gasteiger partial charge in [0.25, 0.3) is 0 Å². The molecule has 0 aliphatic rings. The molecule has 15 heavy (non-hydrogen) atoms. The monoisotopic (exact) mass is 203 g/mol. The average molecular weight is 203 g/mol. The van der Waals surface area contributed by atoms with Crippen molar-refractivity contribution in [1.29, 1.82) is 0 Å². The smallest absolute Gasteiger partial charge is 0.0941 e. The van der Waals surface area contributed by atoms with E-state index in [2.05, 4.69) is 10.1 Å². The molecule has 0 atom stereocenters. The predicted molar refractivity (Wildman–Crippen MR) is 57.3 cm³/mol. The van der Waals surface area contributed by atoms with Crippen LogP contribution < -0.4 is 0 Å². The highest BCUT2D eigenvalue weighted by Crippen LogP contribution is 2.18. The van der Waals surface area contributed by atoms with Gasteiger partial charge in [-0.1, -0.05) is 0 Å². The summed E-state index contributed by atoms with van der Waals surface area (Å²) in [6.45, 7) is 2.59. The molecule has 0 radical (unpaired) electrons. The minimum Gasteiger partial charge on any atom is -0.394 e. The molecule has 0 bridgehead atoms. The molecule has 0 saturated heterocycles. The summed E-state index contributed by atoms with van der Waals surface area (Å²) in [6, 6.07) is 5.82. The van der Waals surface area contributed by atoms with Crippen LogP contribution in [0.1, 0.15) is 5.69 Å². The van der Waals surface area contributed by atoms with Crippen molar-refractivity contribution >= 4 is 0 Å². The zero-order valence-corrected chi connectivity index (χ0v) is 8.59. The van der Waals surface area contributed by atoms with Crippen molar-refractivity contribution in [3.8, 4) is 11.3 Å². The van der Waals surface area contributed by atoms with Gasteiger partial charge in [-0.2, -0.15) is 5.10 Å².